The number of aromatic nitrogens is 2. The van der Waals surface area contributed by atoms with Gasteiger partial charge in [0.05, 0.1) is 11.2 Å². The number of nitrogens with one attached hydrogen (secondary N) is 1. The van der Waals surface area contributed by atoms with Gasteiger partial charge in [0.1, 0.15) is 10.4 Å². The summed E-state index contributed by atoms with van der Waals surface area (Å²) in [7, 11) is -3.69. The quantitative estimate of drug-likeness (QED) is 0.804. The van der Waals surface area contributed by atoms with Crippen LogP contribution in [0.2, 0.25) is 0 Å². The molecular formula is C11H14N4O2S. The Morgan fingerprint density at radius 2 is 1.89 bits per heavy atom. The van der Waals surface area contributed by atoms with Crippen molar-refractivity contribution in [2.75, 3.05) is 5.73 Å². The fourth-order valence-electron chi connectivity index (χ4n) is 1.68. The minimum atomic E-state index is -3.69. The van der Waals surface area contributed by atoms with Gasteiger partial charge in [0.15, 0.2) is 0 Å². The molecule has 0 saturated carbocycles. The van der Waals surface area contributed by atoms with Gasteiger partial charge < -0.3 is 5.73 Å². The molecule has 18 heavy (non-hydrogen) atoms. The molecule has 0 aliphatic carbocycles. The first-order valence-corrected chi connectivity index (χ1v) is 6.91. The number of benzene rings is 1. The van der Waals surface area contributed by atoms with Crippen LogP contribution in [0.25, 0.3) is 11.0 Å². The lowest BCUT2D eigenvalue weighted by Gasteiger charge is -2.12. The molecule has 2 rings (SSSR count). The second-order valence-corrected chi connectivity index (χ2v) is 5.83. The number of fused-ring (bicyclic) bond motifs is 1. The molecule has 3 N–H and O–H groups in total. The summed E-state index contributed by atoms with van der Waals surface area (Å²) >= 11 is 0. The van der Waals surface area contributed by atoms with Gasteiger partial charge in [-0.05, 0) is 26.0 Å². The number of nitrogens with two attached hydrogens (primary N) is 1. The first kappa shape index (κ1) is 12.7. The molecular weight excluding hydrogens is 252 g/mol. The minimum absolute atomic E-state index is 0.0122. The summed E-state index contributed by atoms with van der Waals surface area (Å²) < 4.78 is 26.9. The number of sulfonamides is 1. The van der Waals surface area contributed by atoms with Gasteiger partial charge in [-0.3, -0.25) is 9.97 Å². The maximum Gasteiger partial charge on any atom is 0.245 e. The smallest absolute Gasteiger partial charge is 0.245 e. The summed E-state index contributed by atoms with van der Waals surface area (Å²) in [6, 6.07) is 2.94. The lowest BCUT2D eigenvalue weighted by molar-refractivity contribution is 0.571. The fourth-order valence-corrected chi connectivity index (χ4v) is 3.21. The topological polar surface area (TPSA) is 98.0 Å². The highest BCUT2D eigenvalue weighted by molar-refractivity contribution is 7.90. The molecule has 0 radical (unpaired) electrons. The highest BCUT2D eigenvalue weighted by Crippen LogP contribution is 2.25. The Morgan fingerprint density at radius 1 is 1.22 bits per heavy atom. The Balaban J connectivity index is 2.74. The average Bonchev–Trinajstić information content (AvgIpc) is 2.26. The first-order chi connectivity index (χ1) is 8.42. The first-order valence-electron chi connectivity index (χ1n) is 5.43. The highest BCUT2D eigenvalue weighted by Gasteiger charge is 2.22. The van der Waals surface area contributed by atoms with E-state index in [4.69, 9.17) is 5.73 Å². The van der Waals surface area contributed by atoms with Gasteiger partial charge in [-0.1, -0.05) is 0 Å². The number of hydrogen-bond acceptors (Lipinski definition) is 5. The Morgan fingerprint density at radius 3 is 2.56 bits per heavy atom. The van der Waals surface area contributed by atoms with Crippen LogP contribution in [0.4, 0.5) is 5.69 Å². The molecule has 7 heteroatoms. The van der Waals surface area contributed by atoms with Crippen LogP contribution in [0.15, 0.2) is 29.4 Å². The molecule has 0 aliphatic rings. The zero-order valence-corrected chi connectivity index (χ0v) is 10.9. The van der Waals surface area contributed by atoms with Crippen molar-refractivity contribution in [1.29, 1.82) is 0 Å². The zero-order chi connectivity index (χ0) is 13.3. The predicted molar refractivity (Wildman–Crippen MR) is 69.4 cm³/mol. The van der Waals surface area contributed by atoms with Crippen LogP contribution in [-0.4, -0.2) is 24.4 Å². The van der Waals surface area contributed by atoms with Crippen LogP contribution < -0.4 is 10.5 Å². The highest BCUT2D eigenvalue weighted by atomic mass is 32.2. The monoisotopic (exact) mass is 266 g/mol. The maximum absolute atomic E-state index is 12.2. The van der Waals surface area contributed by atoms with E-state index in [1.807, 2.05) is 0 Å². The van der Waals surface area contributed by atoms with E-state index in [9.17, 15) is 8.42 Å². The number of nitrogens with zero attached hydrogens (tertiary/aromatic N) is 2. The average molecular weight is 266 g/mol. The summed E-state index contributed by atoms with van der Waals surface area (Å²) in [4.78, 5) is 8.11. The molecule has 6 nitrogen and oxygen atoms in total. The Labute approximate surface area is 105 Å². The molecule has 0 unspecified atom stereocenters. The minimum Gasteiger partial charge on any atom is -0.398 e. The molecule has 1 aromatic carbocycles. The van der Waals surface area contributed by atoms with Gasteiger partial charge in [0, 0.05) is 18.4 Å². The van der Waals surface area contributed by atoms with E-state index in [0.717, 1.165) is 0 Å². The van der Waals surface area contributed by atoms with Crippen molar-refractivity contribution >= 4 is 26.7 Å². The van der Waals surface area contributed by atoms with Gasteiger partial charge in [-0.15, -0.1) is 0 Å². The standard InChI is InChI=1S/C11H14N4O2S/c1-7(2)15-18(16,17)11-8(12)3-4-9-10(11)14-6-5-13-9/h3-7,15H,12H2,1-2H3. The van der Waals surface area contributed by atoms with Gasteiger partial charge in [0.25, 0.3) is 0 Å². The van der Waals surface area contributed by atoms with Gasteiger partial charge in [-0.25, -0.2) is 13.1 Å². The third-order valence-electron chi connectivity index (χ3n) is 2.28. The summed E-state index contributed by atoms with van der Waals surface area (Å²) in [6.45, 7) is 3.48. The maximum atomic E-state index is 12.2. The van der Waals surface area contributed by atoms with Crippen LogP contribution in [0, 0.1) is 0 Å². The second-order valence-electron chi connectivity index (χ2n) is 4.18. The van der Waals surface area contributed by atoms with Gasteiger partial charge in [-0.2, -0.15) is 0 Å². The third-order valence-corrected chi connectivity index (χ3v) is 4.03. The number of hydrogen-bond donors (Lipinski definition) is 2. The molecule has 0 bridgehead atoms. The summed E-state index contributed by atoms with van der Waals surface area (Å²) in [5.74, 6) is 0. The zero-order valence-electron chi connectivity index (χ0n) is 10.1. The van der Waals surface area contributed by atoms with Gasteiger partial charge >= 0.3 is 0 Å². The SMILES string of the molecule is CC(C)NS(=O)(=O)c1c(N)ccc2nccnc12. The van der Waals surface area contributed by atoms with E-state index in [1.165, 1.54) is 18.5 Å². The second kappa shape index (κ2) is 4.51. The van der Waals surface area contributed by atoms with Crippen LogP contribution in [0.5, 0.6) is 0 Å². The van der Waals surface area contributed by atoms with Crippen LogP contribution >= 0.6 is 0 Å². The number of nitrogen functional groups attached to an aromatic ring is 1. The van der Waals surface area contributed by atoms with Crippen molar-refractivity contribution in [3.63, 3.8) is 0 Å². The van der Waals surface area contributed by atoms with Crippen molar-refractivity contribution in [1.82, 2.24) is 14.7 Å². The molecule has 0 saturated heterocycles. The van der Waals surface area contributed by atoms with Gasteiger partial charge in [0.2, 0.25) is 10.0 Å². The lowest BCUT2D eigenvalue weighted by atomic mass is 10.2. The summed E-state index contributed by atoms with van der Waals surface area (Å²) in [5, 5.41) is 0. The third kappa shape index (κ3) is 2.27. The number of anilines is 1. The molecule has 0 atom stereocenters. The molecule has 2 aromatic rings. The largest absolute Gasteiger partial charge is 0.398 e. The van der Waals surface area contributed by atoms with Crippen LogP contribution in [0.1, 0.15) is 13.8 Å². The molecule has 0 fully saturated rings. The molecule has 96 valence electrons. The Hall–Kier alpha value is -1.73. The molecule has 0 aliphatic heterocycles. The van der Waals surface area contributed by atoms with E-state index in [2.05, 4.69) is 14.7 Å². The summed E-state index contributed by atoms with van der Waals surface area (Å²) in [5.41, 5.74) is 6.70. The van der Waals surface area contributed by atoms with E-state index in [1.54, 1.807) is 19.9 Å². The van der Waals surface area contributed by atoms with Crippen molar-refractivity contribution in [2.45, 2.75) is 24.8 Å². The van der Waals surface area contributed by atoms with E-state index in [0.29, 0.717) is 5.52 Å². The Kier molecular flexibility index (Phi) is 3.18. The number of rotatable bonds is 3. The molecule has 1 heterocycles. The van der Waals surface area contributed by atoms with E-state index in [-0.39, 0.29) is 22.1 Å². The van der Waals surface area contributed by atoms with E-state index < -0.39 is 10.0 Å². The normalized spacial score (nSPS) is 12.2. The molecule has 1 aromatic heterocycles. The van der Waals surface area contributed by atoms with Crippen molar-refractivity contribution < 1.29 is 8.42 Å². The van der Waals surface area contributed by atoms with E-state index >= 15 is 0 Å². The Bertz CT molecular complexity index is 683. The lowest BCUT2D eigenvalue weighted by Crippen LogP contribution is -2.31. The molecule has 0 amide bonds. The van der Waals surface area contributed by atoms with Crippen LogP contribution in [0.3, 0.4) is 0 Å². The summed E-state index contributed by atoms with van der Waals surface area (Å²) in [6.07, 6.45) is 2.95. The van der Waals surface area contributed by atoms with Crippen molar-refractivity contribution in [3.8, 4) is 0 Å². The van der Waals surface area contributed by atoms with Crippen LogP contribution in [-0.2, 0) is 10.0 Å². The predicted octanol–water partition coefficient (Wildman–Crippen LogP) is 0.899. The molecule has 0 spiro atoms. The van der Waals surface area contributed by atoms with Crippen molar-refractivity contribution in [3.05, 3.63) is 24.5 Å². The fraction of sp³-hybridized carbons (Fsp3) is 0.273. The van der Waals surface area contributed by atoms with Crippen molar-refractivity contribution in [2.24, 2.45) is 0 Å².